The third-order valence-electron chi connectivity index (χ3n) is 3.99. The van der Waals surface area contributed by atoms with Crippen molar-refractivity contribution in [2.75, 3.05) is 20.8 Å². The number of methoxy groups -OCH3 is 2. The second kappa shape index (κ2) is 7.47. The second-order valence-corrected chi connectivity index (χ2v) is 5.59. The zero-order valence-electron chi connectivity index (χ0n) is 12.7. The number of aliphatic hydroxyl groups is 4. The molecule has 2 heterocycles. The predicted octanol–water partition coefficient (Wildman–Crippen LogP) is -2.22. The van der Waals surface area contributed by atoms with Gasteiger partial charge in [0.05, 0.1) is 12.7 Å². The number of hydrogen-bond acceptors (Lipinski definition) is 9. The number of aliphatic hydroxyl groups excluding tert-OH is 4. The standard InChI is InChI=1S/C13H24O9/c1-5-4-20-12(8(16)6(5)14)21-10-7(15)9(17)11(18-2)22-13(10)19-3/h5-17H,4H2,1-3H3. The summed E-state index contributed by atoms with van der Waals surface area (Å²) in [6.45, 7) is 1.92. The molecule has 0 saturated carbocycles. The second-order valence-electron chi connectivity index (χ2n) is 5.59. The summed E-state index contributed by atoms with van der Waals surface area (Å²) in [7, 11) is 2.66. The van der Waals surface area contributed by atoms with E-state index in [-0.39, 0.29) is 12.5 Å². The van der Waals surface area contributed by atoms with Gasteiger partial charge in [0.1, 0.15) is 24.4 Å². The normalized spacial score (nSPS) is 50.0. The van der Waals surface area contributed by atoms with E-state index in [1.54, 1.807) is 6.92 Å². The molecule has 0 bridgehead atoms. The van der Waals surface area contributed by atoms with E-state index in [9.17, 15) is 20.4 Å². The molecule has 2 fully saturated rings. The number of ether oxygens (including phenoxy) is 5. The van der Waals surface area contributed by atoms with Crippen LogP contribution in [0.25, 0.3) is 0 Å². The molecule has 0 aromatic carbocycles. The van der Waals surface area contributed by atoms with Crippen LogP contribution in [-0.2, 0) is 23.7 Å². The first-order valence-electron chi connectivity index (χ1n) is 7.11. The third-order valence-corrected chi connectivity index (χ3v) is 3.99. The van der Waals surface area contributed by atoms with Gasteiger partial charge in [-0.25, -0.2) is 0 Å². The van der Waals surface area contributed by atoms with Gasteiger partial charge < -0.3 is 44.1 Å². The van der Waals surface area contributed by atoms with Crippen molar-refractivity contribution in [3.8, 4) is 0 Å². The fraction of sp³-hybridized carbons (Fsp3) is 1.00. The van der Waals surface area contributed by atoms with Crippen molar-refractivity contribution < 1.29 is 44.1 Å². The minimum absolute atomic E-state index is 0.188. The zero-order chi connectivity index (χ0) is 16.4. The predicted molar refractivity (Wildman–Crippen MR) is 70.5 cm³/mol. The highest BCUT2D eigenvalue weighted by molar-refractivity contribution is 4.89. The Balaban J connectivity index is 2.06. The Hall–Kier alpha value is -0.360. The highest BCUT2D eigenvalue weighted by Crippen LogP contribution is 2.28. The first-order valence-corrected chi connectivity index (χ1v) is 7.11. The summed E-state index contributed by atoms with van der Waals surface area (Å²) < 4.78 is 26.1. The van der Waals surface area contributed by atoms with Crippen LogP contribution in [0.1, 0.15) is 6.92 Å². The van der Waals surface area contributed by atoms with E-state index in [2.05, 4.69) is 0 Å². The van der Waals surface area contributed by atoms with E-state index >= 15 is 0 Å². The molecule has 0 aromatic rings. The zero-order valence-corrected chi connectivity index (χ0v) is 12.7. The molecule has 0 radical (unpaired) electrons. The summed E-state index contributed by atoms with van der Waals surface area (Å²) in [6, 6.07) is 0. The Morgan fingerprint density at radius 2 is 1.41 bits per heavy atom. The number of rotatable bonds is 4. The first kappa shape index (κ1) is 18.0. The Morgan fingerprint density at radius 1 is 0.818 bits per heavy atom. The quantitative estimate of drug-likeness (QED) is 0.455. The molecule has 0 amide bonds. The molecule has 2 rings (SSSR count). The molecule has 9 unspecified atom stereocenters. The van der Waals surface area contributed by atoms with Crippen LogP contribution in [0.2, 0.25) is 0 Å². The van der Waals surface area contributed by atoms with Crippen molar-refractivity contribution in [1.29, 1.82) is 0 Å². The molecule has 0 aliphatic carbocycles. The molecule has 2 saturated heterocycles. The van der Waals surface area contributed by atoms with Crippen LogP contribution in [0.4, 0.5) is 0 Å². The van der Waals surface area contributed by atoms with E-state index in [4.69, 9.17) is 23.7 Å². The summed E-state index contributed by atoms with van der Waals surface area (Å²) >= 11 is 0. The lowest BCUT2D eigenvalue weighted by Gasteiger charge is -2.44. The largest absolute Gasteiger partial charge is 0.390 e. The van der Waals surface area contributed by atoms with Crippen LogP contribution in [0.15, 0.2) is 0 Å². The molecule has 22 heavy (non-hydrogen) atoms. The molecule has 9 atom stereocenters. The monoisotopic (exact) mass is 324 g/mol. The fourth-order valence-corrected chi connectivity index (χ4v) is 2.55. The molecule has 9 heteroatoms. The van der Waals surface area contributed by atoms with Crippen molar-refractivity contribution in [3.05, 3.63) is 0 Å². The van der Waals surface area contributed by atoms with Crippen molar-refractivity contribution in [3.63, 3.8) is 0 Å². The van der Waals surface area contributed by atoms with Crippen LogP contribution in [0.5, 0.6) is 0 Å². The molecule has 0 spiro atoms. The summed E-state index contributed by atoms with van der Waals surface area (Å²) in [5, 5.41) is 39.9. The highest BCUT2D eigenvalue weighted by Gasteiger charge is 2.49. The maximum absolute atomic E-state index is 10.2. The Labute approximate surface area is 128 Å². The van der Waals surface area contributed by atoms with E-state index in [1.165, 1.54) is 14.2 Å². The Morgan fingerprint density at radius 3 is 2.00 bits per heavy atom. The Kier molecular flexibility index (Phi) is 6.11. The minimum atomic E-state index is -1.38. The molecule has 4 N–H and O–H groups in total. The average molecular weight is 324 g/mol. The molecule has 2 aliphatic heterocycles. The van der Waals surface area contributed by atoms with Crippen LogP contribution in [0.3, 0.4) is 0 Å². The van der Waals surface area contributed by atoms with Crippen molar-refractivity contribution in [1.82, 2.24) is 0 Å². The van der Waals surface area contributed by atoms with Crippen LogP contribution < -0.4 is 0 Å². The lowest BCUT2D eigenvalue weighted by atomic mass is 9.97. The summed E-state index contributed by atoms with van der Waals surface area (Å²) in [6.07, 6.45) is -9.42. The van der Waals surface area contributed by atoms with Crippen LogP contribution in [-0.4, -0.2) is 90.6 Å². The van der Waals surface area contributed by atoms with Gasteiger partial charge in [0, 0.05) is 20.1 Å². The maximum Gasteiger partial charge on any atom is 0.189 e. The van der Waals surface area contributed by atoms with Crippen LogP contribution in [0, 0.1) is 5.92 Å². The lowest BCUT2D eigenvalue weighted by molar-refractivity contribution is -0.375. The Bertz CT molecular complexity index is 352. The maximum atomic E-state index is 10.2. The van der Waals surface area contributed by atoms with E-state index < -0.39 is 49.4 Å². The SMILES string of the molecule is COC1OC(OC)C(OC2OCC(C)C(O)C2O)C(O)C1O. The first-order chi connectivity index (χ1) is 10.4. The molecule has 2 aliphatic rings. The van der Waals surface area contributed by atoms with Gasteiger partial charge in [0.2, 0.25) is 0 Å². The topological polar surface area (TPSA) is 127 Å². The van der Waals surface area contributed by atoms with Gasteiger partial charge in [-0.3, -0.25) is 0 Å². The smallest absolute Gasteiger partial charge is 0.189 e. The van der Waals surface area contributed by atoms with E-state index in [0.29, 0.717) is 0 Å². The van der Waals surface area contributed by atoms with Gasteiger partial charge in [-0.2, -0.15) is 0 Å². The van der Waals surface area contributed by atoms with Crippen LogP contribution >= 0.6 is 0 Å². The third kappa shape index (κ3) is 3.42. The van der Waals surface area contributed by atoms with Gasteiger partial charge in [0.25, 0.3) is 0 Å². The summed E-state index contributed by atoms with van der Waals surface area (Å²) in [5.41, 5.74) is 0. The van der Waals surface area contributed by atoms with E-state index in [0.717, 1.165) is 0 Å². The highest BCUT2D eigenvalue weighted by atomic mass is 16.8. The summed E-state index contributed by atoms with van der Waals surface area (Å²) in [5.74, 6) is -0.246. The lowest BCUT2D eigenvalue weighted by Crippen LogP contribution is -2.62. The van der Waals surface area contributed by atoms with E-state index in [1.807, 2.05) is 0 Å². The van der Waals surface area contributed by atoms with Gasteiger partial charge in [-0.15, -0.1) is 0 Å². The molecule has 9 nitrogen and oxygen atoms in total. The van der Waals surface area contributed by atoms with Crippen molar-refractivity contribution >= 4 is 0 Å². The molecular formula is C13H24O9. The van der Waals surface area contributed by atoms with Crippen molar-refractivity contribution in [2.45, 2.75) is 56.3 Å². The van der Waals surface area contributed by atoms with Gasteiger partial charge in [-0.1, -0.05) is 6.92 Å². The minimum Gasteiger partial charge on any atom is -0.390 e. The van der Waals surface area contributed by atoms with Crippen molar-refractivity contribution in [2.24, 2.45) is 5.92 Å². The average Bonchev–Trinajstić information content (AvgIpc) is 2.52. The number of hydrogen-bond donors (Lipinski definition) is 4. The van der Waals surface area contributed by atoms with Gasteiger partial charge in [0.15, 0.2) is 18.9 Å². The van der Waals surface area contributed by atoms with Gasteiger partial charge in [-0.05, 0) is 0 Å². The molecule has 130 valence electrons. The fourth-order valence-electron chi connectivity index (χ4n) is 2.55. The molecule has 0 aromatic heterocycles. The summed E-state index contributed by atoms with van der Waals surface area (Å²) in [4.78, 5) is 0. The van der Waals surface area contributed by atoms with Gasteiger partial charge >= 0.3 is 0 Å². The molecular weight excluding hydrogens is 300 g/mol.